The molecule has 0 aliphatic heterocycles. The van der Waals surface area contributed by atoms with E-state index in [4.69, 9.17) is 0 Å². The minimum absolute atomic E-state index is 0.209. The highest BCUT2D eigenvalue weighted by Gasteiger charge is 2.21. The van der Waals surface area contributed by atoms with Crippen molar-refractivity contribution in [3.8, 4) is 0 Å². The molecule has 0 unspecified atom stereocenters. The molecule has 0 aliphatic rings. The summed E-state index contributed by atoms with van der Waals surface area (Å²) in [4.78, 5) is 0. The molecule has 17 heavy (non-hydrogen) atoms. The maximum Gasteiger partial charge on any atom is 0.0830 e. The summed E-state index contributed by atoms with van der Waals surface area (Å²) < 4.78 is 0. The Morgan fingerprint density at radius 1 is 1.18 bits per heavy atom. The third kappa shape index (κ3) is 5.85. The van der Waals surface area contributed by atoms with E-state index in [0.717, 1.165) is 19.3 Å². The number of aliphatic hydroxyl groups excluding tert-OH is 1. The summed E-state index contributed by atoms with van der Waals surface area (Å²) in [5.41, 5.74) is 1.19. The topological polar surface area (TPSA) is 20.2 Å². The van der Waals surface area contributed by atoms with E-state index in [1.165, 1.54) is 5.56 Å². The van der Waals surface area contributed by atoms with Gasteiger partial charge in [-0.05, 0) is 24.8 Å². The van der Waals surface area contributed by atoms with E-state index in [2.05, 4.69) is 50.0 Å². The molecular weight excluding hydrogens is 224 g/mol. The van der Waals surface area contributed by atoms with Gasteiger partial charge < -0.3 is 5.11 Å². The van der Waals surface area contributed by atoms with Crippen LogP contribution in [0.25, 0.3) is 0 Å². The highest BCUT2D eigenvalue weighted by atomic mass is 28.3. The van der Waals surface area contributed by atoms with Crippen molar-refractivity contribution in [1.29, 1.82) is 0 Å². The van der Waals surface area contributed by atoms with Gasteiger partial charge in [-0.15, -0.1) is 0 Å². The van der Waals surface area contributed by atoms with Crippen LogP contribution in [0.5, 0.6) is 0 Å². The number of unbranched alkanes of at least 4 members (excludes halogenated alkanes) is 1. The molecule has 1 aromatic rings. The first-order valence-corrected chi connectivity index (χ1v) is 9.96. The Labute approximate surface area is 106 Å². The quantitative estimate of drug-likeness (QED) is 0.461. The molecule has 94 valence electrons. The summed E-state index contributed by atoms with van der Waals surface area (Å²) in [6.07, 6.45) is 7.44. The van der Waals surface area contributed by atoms with Crippen molar-refractivity contribution in [1.82, 2.24) is 0 Å². The van der Waals surface area contributed by atoms with Gasteiger partial charge in [0.2, 0.25) is 0 Å². The zero-order valence-electron chi connectivity index (χ0n) is 11.2. The van der Waals surface area contributed by atoms with Gasteiger partial charge in [0.05, 0.1) is 13.8 Å². The first-order chi connectivity index (χ1) is 8.00. The lowest BCUT2D eigenvalue weighted by atomic mass is 10.1. The molecule has 1 rings (SSSR count). The molecule has 0 fully saturated rings. The van der Waals surface area contributed by atoms with Gasteiger partial charge in [-0.1, -0.05) is 62.1 Å². The lowest BCUT2D eigenvalue weighted by Crippen LogP contribution is -2.36. The van der Waals surface area contributed by atoms with Crippen molar-refractivity contribution in [3.05, 3.63) is 48.0 Å². The second-order valence-corrected chi connectivity index (χ2v) is 10.9. The van der Waals surface area contributed by atoms with E-state index < -0.39 is 8.07 Å². The van der Waals surface area contributed by atoms with Gasteiger partial charge in [0.25, 0.3) is 0 Å². The van der Waals surface area contributed by atoms with Crippen LogP contribution in [-0.2, 0) is 6.42 Å². The average Bonchev–Trinajstić information content (AvgIpc) is 2.28. The highest BCUT2D eigenvalue weighted by molar-refractivity contribution is 6.77. The summed E-state index contributed by atoms with van der Waals surface area (Å²) in [6, 6.07) is 10.6. The van der Waals surface area contributed by atoms with E-state index in [-0.39, 0.29) is 5.73 Å². The highest BCUT2D eigenvalue weighted by Crippen LogP contribution is 2.10. The number of hydrogen-bond donors (Lipinski definition) is 1. The summed E-state index contributed by atoms with van der Waals surface area (Å²) in [6.45, 7) is 6.56. The number of aliphatic hydroxyl groups is 1. The molecule has 0 saturated carbocycles. The van der Waals surface area contributed by atoms with Gasteiger partial charge in [0, 0.05) is 0 Å². The molecule has 0 amide bonds. The minimum Gasteiger partial charge on any atom is -0.393 e. The van der Waals surface area contributed by atoms with Crippen molar-refractivity contribution in [3.63, 3.8) is 0 Å². The van der Waals surface area contributed by atoms with Gasteiger partial charge in [0.1, 0.15) is 0 Å². The van der Waals surface area contributed by atoms with Crippen LogP contribution in [0.15, 0.2) is 42.5 Å². The van der Waals surface area contributed by atoms with Crippen LogP contribution in [-0.4, -0.2) is 18.9 Å². The second kappa shape index (κ2) is 6.77. The number of allylic oxidation sites excluding steroid dienone is 1. The van der Waals surface area contributed by atoms with Gasteiger partial charge >= 0.3 is 0 Å². The molecule has 2 heteroatoms. The Morgan fingerprint density at radius 3 is 2.41 bits per heavy atom. The lowest BCUT2D eigenvalue weighted by molar-refractivity contribution is 0.290. The van der Waals surface area contributed by atoms with Crippen LogP contribution >= 0.6 is 0 Å². The van der Waals surface area contributed by atoms with Crippen LogP contribution in [0.4, 0.5) is 0 Å². The fourth-order valence-corrected chi connectivity index (χ4v) is 2.30. The molecule has 1 atom stereocenters. The molecule has 0 saturated heterocycles. The number of aryl methyl sites for hydroxylation is 1. The van der Waals surface area contributed by atoms with Crippen LogP contribution in [0, 0.1) is 0 Å². The zero-order chi connectivity index (χ0) is 12.7. The molecular formula is C15H24OSi. The van der Waals surface area contributed by atoms with Gasteiger partial charge in [-0.25, -0.2) is 0 Å². The zero-order valence-corrected chi connectivity index (χ0v) is 12.2. The van der Waals surface area contributed by atoms with Crippen molar-refractivity contribution < 1.29 is 5.11 Å². The van der Waals surface area contributed by atoms with E-state index in [1.54, 1.807) is 0 Å². The Bertz CT molecular complexity index is 338. The third-order valence-electron chi connectivity index (χ3n) is 2.88. The number of benzene rings is 1. The van der Waals surface area contributed by atoms with Crippen LogP contribution in [0.2, 0.25) is 19.6 Å². The molecule has 0 spiro atoms. The molecule has 0 bridgehead atoms. The summed E-state index contributed by atoms with van der Waals surface area (Å²) in [5.74, 6) is 0. The van der Waals surface area contributed by atoms with Crippen LogP contribution in [0.1, 0.15) is 18.4 Å². The first-order valence-electron chi connectivity index (χ1n) is 6.39. The predicted molar refractivity (Wildman–Crippen MR) is 77.9 cm³/mol. The Kier molecular flexibility index (Phi) is 5.66. The largest absolute Gasteiger partial charge is 0.393 e. The Hall–Kier alpha value is -0.863. The fourth-order valence-electron chi connectivity index (χ4n) is 1.58. The van der Waals surface area contributed by atoms with E-state index in [1.807, 2.05) is 12.1 Å². The first kappa shape index (κ1) is 14.2. The summed E-state index contributed by atoms with van der Waals surface area (Å²) >= 11 is 0. The average molecular weight is 248 g/mol. The van der Waals surface area contributed by atoms with Crippen molar-refractivity contribution in [2.24, 2.45) is 0 Å². The molecule has 0 heterocycles. The maximum atomic E-state index is 9.88. The maximum absolute atomic E-state index is 9.88. The SMILES string of the molecule is C[Si](C)(C)[C@@H](O)/C=C/CCCc1ccccc1. The molecule has 0 radical (unpaired) electrons. The van der Waals surface area contributed by atoms with Gasteiger partial charge in [-0.3, -0.25) is 0 Å². The Balaban J connectivity index is 2.23. The van der Waals surface area contributed by atoms with Crippen molar-refractivity contribution >= 4 is 8.07 Å². The number of rotatable bonds is 6. The van der Waals surface area contributed by atoms with Gasteiger partial charge in [-0.2, -0.15) is 0 Å². The Morgan fingerprint density at radius 2 is 1.82 bits per heavy atom. The standard InChI is InChI=1S/C15H24OSi/c1-17(2,3)15(16)13-9-5-8-12-14-10-6-4-7-11-14/h4,6-7,9-11,13,15-16H,5,8,12H2,1-3H3/b13-9+/t15-/m1/s1. The van der Waals surface area contributed by atoms with E-state index in [9.17, 15) is 5.11 Å². The second-order valence-electron chi connectivity index (χ2n) is 5.62. The minimum atomic E-state index is -1.42. The predicted octanol–water partition coefficient (Wildman–Crippen LogP) is 3.80. The third-order valence-corrected chi connectivity index (χ3v) is 4.85. The normalized spacial score (nSPS) is 14.1. The monoisotopic (exact) mass is 248 g/mol. The molecule has 0 aromatic heterocycles. The molecule has 1 nitrogen and oxygen atoms in total. The fraction of sp³-hybridized carbons (Fsp3) is 0.467. The number of hydrogen-bond acceptors (Lipinski definition) is 1. The summed E-state index contributed by atoms with van der Waals surface area (Å²) in [7, 11) is -1.42. The van der Waals surface area contributed by atoms with Crippen LogP contribution < -0.4 is 0 Å². The van der Waals surface area contributed by atoms with Gasteiger partial charge in [0.15, 0.2) is 0 Å². The lowest BCUT2D eigenvalue weighted by Gasteiger charge is -2.20. The summed E-state index contributed by atoms with van der Waals surface area (Å²) in [5, 5.41) is 9.88. The molecule has 1 aromatic carbocycles. The van der Waals surface area contributed by atoms with E-state index in [0.29, 0.717) is 0 Å². The molecule has 0 aliphatic carbocycles. The molecule has 1 N–H and O–H groups in total. The van der Waals surface area contributed by atoms with Crippen molar-refractivity contribution in [2.75, 3.05) is 0 Å². The van der Waals surface area contributed by atoms with E-state index >= 15 is 0 Å². The van der Waals surface area contributed by atoms with Crippen molar-refractivity contribution in [2.45, 2.75) is 44.6 Å². The van der Waals surface area contributed by atoms with Crippen LogP contribution in [0.3, 0.4) is 0 Å². The smallest absolute Gasteiger partial charge is 0.0830 e.